The molecule has 0 amide bonds. The fourth-order valence-electron chi connectivity index (χ4n) is 2.49. The molecule has 0 heterocycles. The minimum Gasteiger partial charge on any atom is -0.301 e. The molecule has 1 fully saturated rings. The third-order valence-electron chi connectivity index (χ3n) is 3.42. The maximum absolute atomic E-state index is 2.67. The molecule has 1 aliphatic rings. The van der Waals surface area contributed by atoms with Gasteiger partial charge >= 0.3 is 0 Å². The van der Waals surface area contributed by atoms with E-state index in [2.05, 4.69) is 25.7 Å². The van der Waals surface area contributed by atoms with Crippen LogP contribution in [0.5, 0.6) is 0 Å². The van der Waals surface area contributed by atoms with E-state index in [4.69, 9.17) is 0 Å². The van der Waals surface area contributed by atoms with Crippen molar-refractivity contribution in [2.45, 2.75) is 58.9 Å². The van der Waals surface area contributed by atoms with Crippen molar-refractivity contribution >= 4 is 0 Å². The molecule has 1 rings (SSSR count). The average molecular weight is 183 g/mol. The lowest BCUT2D eigenvalue weighted by molar-refractivity contribution is 0.146. The van der Waals surface area contributed by atoms with E-state index in [1.54, 1.807) is 0 Å². The molecule has 78 valence electrons. The Hall–Kier alpha value is -0.0400. The van der Waals surface area contributed by atoms with Crippen LogP contribution in [0.1, 0.15) is 52.9 Å². The Balaban J connectivity index is 2.32. The molecule has 13 heavy (non-hydrogen) atoms. The quantitative estimate of drug-likeness (QED) is 0.646. The highest BCUT2D eigenvalue weighted by molar-refractivity contribution is 4.77. The smallest absolute Gasteiger partial charge is 0.00953 e. The normalized spacial score (nSPS) is 29.5. The first-order valence-electron chi connectivity index (χ1n) is 6.02. The predicted molar refractivity (Wildman–Crippen MR) is 59.0 cm³/mol. The van der Waals surface area contributed by atoms with Crippen LogP contribution < -0.4 is 0 Å². The minimum absolute atomic E-state index is 0.904. The number of hydrogen-bond acceptors (Lipinski definition) is 1. The maximum atomic E-state index is 2.67. The van der Waals surface area contributed by atoms with Gasteiger partial charge in [0, 0.05) is 6.04 Å². The SMILES string of the molecule is CCCN(CC)C1CCC(C)CC1. The van der Waals surface area contributed by atoms with Gasteiger partial charge < -0.3 is 4.90 Å². The van der Waals surface area contributed by atoms with Gasteiger partial charge in [-0.2, -0.15) is 0 Å². The van der Waals surface area contributed by atoms with Gasteiger partial charge in [-0.25, -0.2) is 0 Å². The third kappa shape index (κ3) is 3.30. The lowest BCUT2D eigenvalue weighted by Crippen LogP contribution is -2.38. The molecular weight excluding hydrogens is 158 g/mol. The summed E-state index contributed by atoms with van der Waals surface area (Å²) in [6.07, 6.45) is 7.08. The van der Waals surface area contributed by atoms with Gasteiger partial charge in [-0.05, 0) is 51.1 Å². The van der Waals surface area contributed by atoms with Crippen molar-refractivity contribution in [1.29, 1.82) is 0 Å². The third-order valence-corrected chi connectivity index (χ3v) is 3.42. The number of nitrogens with zero attached hydrogens (tertiary/aromatic N) is 1. The van der Waals surface area contributed by atoms with Gasteiger partial charge in [0.15, 0.2) is 0 Å². The molecule has 1 aliphatic carbocycles. The van der Waals surface area contributed by atoms with Crippen molar-refractivity contribution in [3.05, 3.63) is 0 Å². The second kappa shape index (κ2) is 5.64. The Morgan fingerprint density at radius 1 is 1.08 bits per heavy atom. The van der Waals surface area contributed by atoms with E-state index in [9.17, 15) is 0 Å². The van der Waals surface area contributed by atoms with Gasteiger partial charge in [0.05, 0.1) is 0 Å². The summed E-state index contributed by atoms with van der Waals surface area (Å²) in [6.45, 7) is 9.52. The van der Waals surface area contributed by atoms with Crippen LogP contribution in [0.2, 0.25) is 0 Å². The van der Waals surface area contributed by atoms with Gasteiger partial charge in [-0.1, -0.05) is 20.8 Å². The highest BCUT2D eigenvalue weighted by Gasteiger charge is 2.22. The van der Waals surface area contributed by atoms with E-state index >= 15 is 0 Å². The molecule has 0 saturated heterocycles. The molecule has 0 atom stereocenters. The molecule has 0 N–H and O–H groups in total. The van der Waals surface area contributed by atoms with Gasteiger partial charge in [0.1, 0.15) is 0 Å². The Bertz CT molecular complexity index is 125. The largest absolute Gasteiger partial charge is 0.301 e. The molecule has 1 nitrogen and oxygen atoms in total. The summed E-state index contributed by atoms with van der Waals surface area (Å²) in [4.78, 5) is 2.67. The van der Waals surface area contributed by atoms with Crippen LogP contribution in [0.4, 0.5) is 0 Å². The summed E-state index contributed by atoms with van der Waals surface area (Å²) in [6, 6.07) is 0.904. The monoisotopic (exact) mass is 183 g/mol. The highest BCUT2D eigenvalue weighted by Crippen LogP contribution is 2.26. The Kier molecular flexibility index (Phi) is 4.79. The van der Waals surface area contributed by atoms with Crippen molar-refractivity contribution < 1.29 is 0 Å². The second-order valence-electron chi connectivity index (χ2n) is 4.54. The van der Waals surface area contributed by atoms with Crippen molar-refractivity contribution in [2.75, 3.05) is 13.1 Å². The summed E-state index contributed by atoms with van der Waals surface area (Å²) >= 11 is 0. The lowest BCUT2D eigenvalue weighted by atomic mass is 9.86. The predicted octanol–water partition coefficient (Wildman–Crippen LogP) is 3.30. The zero-order valence-corrected chi connectivity index (χ0v) is 9.55. The van der Waals surface area contributed by atoms with Crippen molar-refractivity contribution in [3.8, 4) is 0 Å². The van der Waals surface area contributed by atoms with Gasteiger partial charge in [0.25, 0.3) is 0 Å². The van der Waals surface area contributed by atoms with Crippen LogP contribution in [-0.2, 0) is 0 Å². The molecule has 0 unspecified atom stereocenters. The van der Waals surface area contributed by atoms with Gasteiger partial charge in [-0.15, -0.1) is 0 Å². The van der Waals surface area contributed by atoms with Crippen LogP contribution in [0, 0.1) is 5.92 Å². The molecule has 0 bridgehead atoms. The molecule has 0 radical (unpaired) electrons. The van der Waals surface area contributed by atoms with Crippen molar-refractivity contribution in [3.63, 3.8) is 0 Å². The average Bonchev–Trinajstić information content (AvgIpc) is 2.16. The zero-order chi connectivity index (χ0) is 9.68. The van der Waals surface area contributed by atoms with E-state index < -0.39 is 0 Å². The topological polar surface area (TPSA) is 3.24 Å². The summed E-state index contributed by atoms with van der Waals surface area (Å²) in [7, 11) is 0. The Morgan fingerprint density at radius 3 is 2.15 bits per heavy atom. The second-order valence-corrected chi connectivity index (χ2v) is 4.54. The van der Waals surface area contributed by atoms with Gasteiger partial charge in [-0.3, -0.25) is 0 Å². The molecule has 0 aromatic carbocycles. The Morgan fingerprint density at radius 2 is 1.69 bits per heavy atom. The molecule has 0 aliphatic heterocycles. The minimum atomic E-state index is 0.904. The van der Waals surface area contributed by atoms with E-state index in [1.165, 1.54) is 45.2 Å². The van der Waals surface area contributed by atoms with E-state index in [-0.39, 0.29) is 0 Å². The summed E-state index contributed by atoms with van der Waals surface area (Å²) in [5.74, 6) is 0.983. The first kappa shape index (κ1) is 11.0. The van der Waals surface area contributed by atoms with Crippen LogP contribution >= 0.6 is 0 Å². The fourth-order valence-corrected chi connectivity index (χ4v) is 2.49. The van der Waals surface area contributed by atoms with Crippen molar-refractivity contribution in [1.82, 2.24) is 4.90 Å². The zero-order valence-electron chi connectivity index (χ0n) is 9.55. The van der Waals surface area contributed by atoms with E-state index in [0.717, 1.165) is 12.0 Å². The highest BCUT2D eigenvalue weighted by atomic mass is 15.1. The molecule has 1 saturated carbocycles. The fraction of sp³-hybridized carbons (Fsp3) is 1.00. The molecule has 1 heteroatoms. The summed E-state index contributed by atoms with van der Waals surface area (Å²) < 4.78 is 0. The van der Waals surface area contributed by atoms with E-state index in [0.29, 0.717) is 0 Å². The lowest BCUT2D eigenvalue weighted by Gasteiger charge is -2.35. The molecular formula is C12H25N. The van der Waals surface area contributed by atoms with Crippen molar-refractivity contribution in [2.24, 2.45) is 5.92 Å². The van der Waals surface area contributed by atoms with Crippen LogP contribution in [0.25, 0.3) is 0 Å². The van der Waals surface area contributed by atoms with Crippen LogP contribution in [0.3, 0.4) is 0 Å². The molecule has 0 aromatic heterocycles. The standard InChI is InChI=1S/C12H25N/c1-4-10-13(5-2)12-8-6-11(3)7-9-12/h11-12H,4-10H2,1-3H3. The van der Waals surface area contributed by atoms with Gasteiger partial charge in [0.2, 0.25) is 0 Å². The van der Waals surface area contributed by atoms with Crippen LogP contribution in [-0.4, -0.2) is 24.0 Å². The first-order chi connectivity index (χ1) is 6.27. The number of hydrogen-bond donors (Lipinski definition) is 0. The Labute approximate surface area is 83.5 Å². The van der Waals surface area contributed by atoms with Crippen LogP contribution in [0.15, 0.2) is 0 Å². The first-order valence-corrected chi connectivity index (χ1v) is 6.02. The maximum Gasteiger partial charge on any atom is 0.00953 e. The van der Waals surface area contributed by atoms with E-state index in [1.807, 2.05) is 0 Å². The molecule has 0 aromatic rings. The summed E-state index contributed by atoms with van der Waals surface area (Å²) in [5.41, 5.74) is 0. The number of rotatable bonds is 4. The molecule has 0 spiro atoms. The summed E-state index contributed by atoms with van der Waals surface area (Å²) in [5, 5.41) is 0.